The van der Waals surface area contributed by atoms with Crippen LogP contribution in [0.4, 0.5) is 10.1 Å². The lowest BCUT2D eigenvalue weighted by Crippen LogP contribution is -2.35. The van der Waals surface area contributed by atoms with E-state index < -0.39 is 11.9 Å². The van der Waals surface area contributed by atoms with Crippen molar-refractivity contribution in [2.24, 2.45) is 0 Å². The van der Waals surface area contributed by atoms with Crippen molar-refractivity contribution in [3.63, 3.8) is 0 Å². The summed E-state index contributed by atoms with van der Waals surface area (Å²) >= 11 is 0. The van der Waals surface area contributed by atoms with Crippen LogP contribution >= 0.6 is 0 Å². The molecule has 5 heteroatoms. The number of rotatable bonds is 12. The van der Waals surface area contributed by atoms with E-state index in [2.05, 4.69) is 4.90 Å². The molecule has 0 amide bonds. The zero-order valence-corrected chi connectivity index (χ0v) is 20.1. The molecule has 1 unspecified atom stereocenters. The third-order valence-electron chi connectivity index (χ3n) is 5.93. The van der Waals surface area contributed by atoms with Crippen LogP contribution in [0, 0.1) is 5.82 Å². The summed E-state index contributed by atoms with van der Waals surface area (Å²) in [7, 11) is 0. The molecule has 4 nitrogen and oxygen atoms in total. The van der Waals surface area contributed by atoms with Crippen LogP contribution in [0.3, 0.4) is 0 Å². The number of nitrogens with zero attached hydrogens (tertiary/aromatic N) is 1. The number of hydrogen-bond donors (Lipinski definition) is 1. The summed E-state index contributed by atoms with van der Waals surface area (Å²) in [6.45, 7) is 0.932. The molecule has 0 saturated carbocycles. The molecule has 4 rings (SSSR count). The number of ketones is 1. The molecule has 0 aliphatic rings. The Hall–Kier alpha value is -3.96. The molecule has 184 valence electrons. The zero-order valence-electron chi connectivity index (χ0n) is 20.1. The molecule has 0 aliphatic heterocycles. The first-order valence-electron chi connectivity index (χ1n) is 12.1. The Bertz CT molecular complexity index is 1230. The summed E-state index contributed by atoms with van der Waals surface area (Å²) in [5.41, 5.74) is 3.35. The highest BCUT2D eigenvalue weighted by molar-refractivity contribution is 5.98. The second-order valence-electron chi connectivity index (χ2n) is 8.72. The van der Waals surface area contributed by atoms with Gasteiger partial charge in [-0.2, -0.15) is 0 Å². The summed E-state index contributed by atoms with van der Waals surface area (Å²) in [6.07, 6.45) is -0.0269. The van der Waals surface area contributed by atoms with Gasteiger partial charge in [-0.25, -0.2) is 4.39 Å². The SMILES string of the molecule is O=C(CCc1ccccc1)c1cc(F)ccc1OCC(O)CN(Cc1ccccc1)c1ccccc1. The number of halogens is 1. The van der Waals surface area contributed by atoms with Crippen molar-refractivity contribution in [3.8, 4) is 5.75 Å². The minimum Gasteiger partial charge on any atom is -0.490 e. The third-order valence-corrected chi connectivity index (χ3v) is 5.93. The van der Waals surface area contributed by atoms with Crippen LogP contribution in [-0.2, 0) is 13.0 Å². The van der Waals surface area contributed by atoms with Crippen LogP contribution in [0.15, 0.2) is 109 Å². The number of ether oxygens (including phenoxy) is 1. The van der Waals surface area contributed by atoms with Crippen molar-refractivity contribution in [2.45, 2.75) is 25.5 Å². The predicted molar refractivity (Wildman–Crippen MR) is 141 cm³/mol. The average molecular weight is 484 g/mol. The topological polar surface area (TPSA) is 49.8 Å². The molecule has 0 heterocycles. The summed E-state index contributed by atoms with van der Waals surface area (Å²) in [4.78, 5) is 15.0. The second-order valence-corrected chi connectivity index (χ2v) is 8.72. The van der Waals surface area contributed by atoms with Crippen molar-refractivity contribution in [3.05, 3.63) is 132 Å². The lowest BCUT2D eigenvalue weighted by Gasteiger charge is -2.27. The van der Waals surface area contributed by atoms with E-state index >= 15 is 0 Å². The Labute approximate surface area is 211 Å². The maximum Gasteiger partial charge on any atom is 0.167 e. The molecule has 0 bridgehead atoms. The molecule has 4 aromatic carbocycles. The molecule has 0 spiro atoms. The van der Waals surface area contributed by atoms with Gasteiger partial charge in [0.25, 0.3) is 0 Å². The van der Waals surface area contributed by atoms with Crippen LogP contribution in [-0.4, -0.2) is 30.1 Å². The predicted octanol–water partition coefficient (Wildman–Crippen LogP) is 6.09. The van der Waals surface area contributed by atoms with E-state index in [1.54, 1.807) is 0 Å². The van der Waals surface area contributed by atoms with E-state index in [0.29, 0.717) is 19.5 Å². The average Bonchev–Trinajstić information content (AvgIpc) is 2.92. The summed E-state index contributed by atoms with van der Waals surface area (Å²) in [5.74, 6) is -0.412. The molecule has 0 saturated heterocycles. The first-order chi connectivity index (χ1) is 17.6. The first kappa shape index (κ1) is 25.1. The molecule has 0 aliphatic carbocycles. The van der Waals surface area contributed by atoms with Crippen molar-refractivity contribution in [1.29, 1.82) is 0 Å². The van der Waals surface area contributed by atoms with E-state index in [4.69, 9.17) is 4.74 Å². The molecule has 1 N–H and O–H groups in total. The van der Waals surface area contributed by atoms with Crippen LogP contribution in [0.5, 0.6) is 5.75 Å². The molecule has 0 fully saturated rings. The number of anilines is 1. The number of benzene rings is 4. The first-order valence-corrected chi connectivity index (χ1v) is 12.1. The Morgan fingerprint density at radius 2 is 1.44 bits per heavy atom. The van der Waals surface area contributed by atoms with Crippen LogP contribution < -0.4 is 9.64 Å². The highest BCUT2D eigenvalue weighted by atomic mass is 19.1. The highest BCUT2D eigenvalue weighted by Crippen LogP contribution is 2.23. The Morgan fingerprint density at radius 3 is 2.11 bits per heavy atom. The minimum absolute atomic E-state index is 0.0251. The number of para-hydroxylation sites is 1. The Morgan fingerprint density at radius 1 is 0.833 bits per heavy atom. The standard InChI is InChI=1S/C31H30FNO3/c32-26-17-19-31(29(20-26)30(35)18-16-24-10-4-1-5-11-24)36-23-28(34)22-33(27-14-8-3-9-15-27)21-25-12-6-2-7-13-25/h1-15,17,19-20,28,34H,16,18,21-23H2. The lowest BCUT2D eigenvalue weighted by atomic mass is 10.0. The number of Topliss-reactive ketones (excluding diaryl/α,β-unsaturated/α-hetero) is 1. The van der Waals surface area contributed by atoms with E-state index in [1.807, 2.05) is 91.0 Å². The number of hydrogen-bond acceptors (Lipinski definition) is 4. The van der Waals surface area contributed by atoms with Crippen LogP contribution in [0.25, 0.3) is 0 Å². The fourth-order valence-electron chi connectivity index (χ4n) is 4.08. The van der Waals surface area contributed by atoms with Gasteiger partial charge in [0.05, 0.1) is 5.56 Å². The fourth-order valence-corrected chi connectivity index (χ4v) is 4.08. The Balaban J connectivity index is 1.41. The van der Waals surface area contributed by atoms with Crippen molar-refractivity contribution in [1.82, 2.24) is 0 Å². The van der Waals surface area contributed by atoms with E-state index in [0.717, 1.165) is 16.8 Å². The molecule has 1 atom stereocenters. The number of aliphatic hydroxyl groups is 1. The van der Waals surface area contributed by atoms with E-state index in [-0.39, 0.29) is 30.1 Å². The minimum atomic E-state index is -0.828. The third kappa shape index (κ3) is 7.27. The molecule has 0 aromatic heterocycles. The smallest absolute Gasteiger partial charge is 0.167 e. The van der Waals surface area contributed by atoms with Gasteiger partial charge in [0.2, 0.25) is 0 Å². The molecule has 36 heavy (non-hydrogen) atoms. The van der Waals surface area contributed by atoms with Gasteiger partial charge >= 0.3 is 0 Å². The van der Waals surface area contributed by atoms with Crippen molar-refractivity contribution < 1.29 is 19.0 Å². The van der Waals surface area contributed by atoms with Crippen LogP contribution in [0.1, 0.15) is 27.9 Å². The summed E-state index contributed by atoms with van der Waals surface area (Å²) < 4.78 is 19.8. The van der Waals surface area contributed by atoms with Gasteiger partial charge in [-0.15, -0.1) is 0 Å². The molecular weight excluding hydrogens is 453 g/mol. The molecule has 0 radical (unpaired) electrons. The zero-order chi connectivity index (χ0) is 25.2. The van der Waals surface area contributed by atoms with E-state index in [9.17, 15) is 14.3 Å². The number of carbonyl (C=O) groups excluding carboxylic acids is 1. The van der Waals surface area contributed by atoms with Gasteiger partial charge in [-0.05, 0) is 47.9 Å². The van der Waals surface area contributed by atoms with Crippen LogP contribution in [0.2, 0.25) is 0 Å². The van der Waals surface area contributed by atoms with Gasteiger partial charge in [0.1, 0.15) is 24.3 Å². The number of aryl methyl sites for hydroxylation is 1. The van der Waals surface area contributed by atoms with E-state index in [1.165, 1.54) is 18.2 Å². The van der Waals surface area contributed by atoms with Crippen molar-refractivity contribution >= 4 is 11.5 Å². The normalized spacial score (nSPS) is 11.6. The maximum absolute atomic E-state index is 14.0. The summed E-state index contributed by atoms with van der Waals surface area (Å²) in [6, 6.07) is 33.5. The monoisotopic (exact) mass is 483 g/mol. The maximum atomic E-state index is 14.0. The van der Waals surface area contributed by atoms with Gasteiger partial charge in [0, 0.05) is 25.2 Å². The quantitative estimate of drug-likeness (QED) is 0.248. The molecular formula is C31H30FNO3. The summed E-state index contributed by atoms with van der Waals surface area (Å²) in [5, 5.41) is 10.8. The van der Waals surface area contributed by atoms with Gasteiger partial charge in [0.15, 0.2) is 5.78 Å². The largest absolute Gasteiger partial charge is 0.490 e. The lowest BCUT2D eigenvalue weighted by molar-refractivity contribution is 0.0957. The number of carbonyl (C=O) groups is 1. The highest BCUT2D eigenvalue weighted by Gasteiger charge is 2.18. The Kier molecular flexibility index (Phi) is 8.84. The fraction of sp³-hybridized carbons (Fsp3) is 0.194. The van der Waals surface area contributed by atoms with Gasteiger partial charge in [-0.3, -0.25) is 4.79 Å². The number of aliphatic hydroxyl groups excluding tert-OH is 1. The van der Waals surface area contributed by atoms with Crippen molar-refractivity contribution in [2.75, 3.05) is 18.1 Å². The van der Waals surface area contributed by atoms with Gasteiger partial charge < -0.3 is 14.7 Å². The second kappa shape index (κ2) is 12.7. The van der Waals surface area contributed by atoms with Gasteiger partial charge in [-0.1, -0.05) is 78.9 Å². The molecule has 4 aromatic rings.